The van der Waals surface area contributed by atoms with Gasteiger partial charge in [-0.2, -0.15) is 0 Å². The number of cyclic esters (lactones) is 1. The molecule has 22 heavy (non-hydrogen) atoms. The fraction of sp³-hybridized carbons (Fsp3) is 0.500. The van der Waals surface area contributed by atoms with E-state index in [2.05, 4.69) is 5.32 Å². The van der Waals surface area contributed by atoms with Crippen molar-refractivity contribution in [2.45, 2.75) is 19.0 Å². The van der Waals surface area contributed by atoms with Crippen LogP contribution in [0.25, 0.3) is 0 Å². The topological polar surface area (TPSA) is 61.9 Å². The second-order valence-electron chi connectivity index (χ2n) is 5.81. The van der Waals surface area contributed by atoms with E-state index in [4.69, 9.17) is 4.74 Å². The van der Waals surface area contributed by atoms with Gasteiger partial charge in [0.25, 0.3) is 0 Å². The molecule has 0 aliphatic carbocycles. The normalized spacial score (nSPS) is 24.5. The van der Waals surface area contributed by atoms with Crippen molar-refractivity contribution >= 4 is 12.1 Å². The molecule has 1 aromatic carbocycles. The summed E-state index contributed by atoms with van der Waals surface area (Å²) >= 11 is 0. The van der Waals surface area contributed by atoms with Crippen LogP contribution in [-0.2, 0) is 11.3 Å². The number of piperidine rings is 1. The molecule has 0 saturated carbocycles. The van der Waals surface area contributed by atoms with Crippen molar-refractivity contribution in [3.05, 3.63) is 35.9 Å². The van der Waals surface area contributed by atoms with Crippen LogP contribution >= 0.6 is 0 Å². The summed E-state index contributed by atoms with van der Waals surface area (Å²) in [7, 11) is 1.63. The van der Waals surface area contributed by atoms with E-state index in [1.807, 2.05) is 30.3 Å². The second-order valence-corrected chi connectivity index (χ2v) is 5.81. The lowest BCUT2D eigenvalue weighted by molar-refractivity contribution is -0.0240. The number of fused-ring (bicyclic) bond motifs is 1. The fourth-order valence-electron chi connectivity index (χ4n) is 3.23. The maximum absolute atomic E-state index is 12.2. The standard InChI is InChI=1S/C16H21N3O3/c1-17-15(20)18-8-7-13-11-22-16(21)19(14(13)10-18)9-12-5-3-2-4-6-12/h2-6,13-14H,7-11H2,1H3,(H,17,20)/t13-,14+/m0/s1. The van der Waals surface area contributed by atoms with Crippen LogP contribution in [0.3, 0.4) is 0 Å². The average molecular weight is 303 g/mol. The van der Waals surface area contributed by atoms with Gasteiger partial charge in [-0.15, -0.1) is 0 Å². The Balaban J connectivity index is 1.77. The highest BCUT2D eigenvalue weighted by molar-refractivity contribution is 5.74. The summed E-state index contributed by atoms with van der Waals surface area (Å²) in [5.41, 5.74) is 1.07. The van der Waals surface area contributed by atoms with Crippen molar-refractivity contribution < 1.29 is 14.3 Å². The quantitative estimate of drug-likeness (QED) is 0.904. The molecule has 0 spiro atoms. The molecule has 2 heterocycles. The summed E-state index contributed by atoms with van der Waals surface area (Å²) in [6.07, 6.45) is 0.570. The van der Waals surface area contributed by atoms with Crippen LogP contribution in [0, 0.1) is 5.92 Å². The summed E-state index contributed by atoms with van der Waals surface area (Å²) in [6, 6.07) is 9.80. The van der Waals surface area contributed by atoms with Crippen LogP contribution < -0.4 is 5.32 Å². The van der Waals surface area contributed by atoms with Gasteiger partial charge in [-0.05, 0) is 12.0 Å². The first-order chi connectivity index (χ1) is 10.7. The molecule has 2 saturated heterocycles. The summed E-state index contributed by atoms with van der Waals surface area (Å²) < 4.78 is 5.32. The minimum atomic E-state index is -0.288. The van der Waals surface area contributed by atoms with Crippen LogP contribution in [0.1, 0.15) is 12.0 Å². The number of carbonyl (C=O) groups is 2. The number of carbonyl (C=O) groups excluding carboxylic acids is 2. The van der Waals surface area contributed by atoms with Gasteiger partial charge in [0, 0.05) is 32.6 Å². The van der Waals surface area contributed by atoms with E-state index in [-0.39, 0.29) is 18.2 Å². The zero-order valence-corrected chi connectivity index (χ0v) is 12.7. The summed E-state index contributed by atoms with van der Waals surface area (Å²) in [4.78, 5) is 27.6. The highest BCUT2D eigenvalue weighted by Gasteiger charge is 2.41. The average Bonchev–Trinajstić information content (AvgIpc) is 2.57. The predicted molar refractivity (Wildman–Crippen MR) is 81.3 cm³/mol. The second kappa shape index (κ2) is 6.25. The first-order valence-electron chi connectivity index (χ1n) is 7.63. The fourth-order valence-corrected chi connectivity index (χ4v) is 3.23. The first kappa shape index (κ1) is 14.7. The van der Waals surface area contributed by atoms with Crippen LogP contribution in [0.4, 0.5) is 9.59 Å². The summed E-state index contributed by atoms with van der Waals surface area (Å²) in [5, 5.41) is 2.66. The Morgan fingerprint density at radius 1 is 1.36 bits per heavy atom. The number of nitrogens with zero attached hydrogens (tertiary/aromatic N) is 2. The van der Waals surface area contributed by atoms with Gasteiger partial charge in [-0.1, -0.05) is 30.3 Å². The molecule has 2 aliphatic heterocycles. The molecule has 118 valence electrons. The van der Waals surface area contributed by atoms with E-state index in [0.717, 1.165) is 12.0 Å². The van der Waals surface area contributed by atoms with Gasteiger partial charge in [0.1, 0.15) is 0 Å². The molecule has 1 N–H and O–H groups in total. The van der Waals surface area contributed by atoms with Crippen molar-refractivity contribution in [2.75, 3.05) is 26.7 Å². The number of urea groups is 1. The number of rotatable bonds is 2. The largest absolute Gasteiger partial charge is 0.449 e. The predicted octanol–water partition coefficient (Wildman–Crippen LogP) is 1.67. The maximum atomic E-state index is 12.2. The molecule has 2 fully saturated rings. The van der Waals surface area contributed by atoms with Gasteiger partial charge >= 0.3 is 12.1 Å². The Morgan fingerprint density at radius 3 is 2.86 bits per heavy atom. The zero-order chi connectivity index (χ0) is 15.5. The van der Waals surface area contributed by atoms with Gasteiger partial charge in [-0.25, -0.2) is 9.59 Å². The Morgan fingerprint density at radius 2 is 2.14 bits per heavy atom. The van der Waals surface area contributed by atoms with Gasteiger partial charge < -0.3 is 15.0 Å². The lowest BCUT2D eigenvalue weighted by Crippen LogP contribution is -2.60. The van der Waals surface area contributed by atoms with Gasteiger partial charge in [0.2, 0.25) is 0 Å². The van der Waals surface area contributed by atoms with E-state index in [1.165, 1.54) is 0 Å². The highest BCUT2D eigenvalue weighted by Crippen LogP contribution is 2.28. The molecule has 0 bridgehead atoms. The van der Waals surface area contributed by atoms with E-state index in [9.17, 15) is 9.59 Å². The molecular formula is C16H21N3O3. The van der Waals surface area contributed by atoms with E-state index >= 15 is 0 Å². The highest BCUT2D eigenvalue weighted by atomic mass is 16.6. The number of likely N-dealkylation sites (tertiary alicyclic amines) is 1. The Hall–Kier alpha value is -2.24. The van der Waals surface area contributed by atoms with Crippen molar-refractivity contribution in [2.24, 2.45) is 5.92 Å². The van der Waals surface area contributed by atoms with Crippen LogP contribution in [0.5, 0.6) is 0 Å². The Kier molecular flexibility index (Phi) is 4.18. The number of hydrogen-bond acceptors (Lipinski definition) is 3. The molecule has 3 rings (SSSR count). The number of benzene rings is 1. The molecule has 3 amide bonds. The third-order valence-electron chi connectivity index (χ3n) is 4.47. The summed E-state index contributed by atoms with van der Waals surface area (Å²) in [5.74, 6) is 0.294. The molecule has 1 aromatic rings. The number of ether oxygens (including phenoxy) is 1. The smallest absolute Gasteiger partial charge is 0.410 e. The molecule has 0 aromatic heterocycles. The monoisotopic (exact) mass is 303 g/mol. The lowest BCUT2D eigenvalue weighted by Gasteiger charge is -2.46. The Bertz CT molecular complexity index is 549. The first-order valence-corrected chi connectivity index (χ1v) is 7.63. The van der Waals surface area contributed by atoms with Crippen molar-refractivity contribution in [1.29, 1.82) is 0 Å². The third-order valence-corrected chi connectivity index (χ3v) is 4.47. The van der Waals surface area contributed by atoms with Gasteiger partial charge in [-0.3, -0.25) is 4.90 Å². The molecule has 0 unspecified atom stereocenters. The maximum Gasteiger partial charge on any atom is 0.410 e. The number of hydrogen-bond donors (Lipinski definition) is 1. The third kappa shape index (κ3) is 2.86. The number of amides is 3. The minimum Gasteiger partial charge on any atom is -0.449 e. The van der Waals surface area contributed by atoms with Crippen molar-refractivity contribution in [3.8, 4) is 0 Å². The van der Waals surface area contributed by atoms with Crippen LogP contribution in [0.2, 0.25) is 0 Å². The minimum absolute atomic E-state index is 0.0208. The van der Waals surface area contributed by atoms with Crippen LogP contribution in [0.15, 0.2) is 30.3 Å². The molecule has 6 heteroatoms. The van der Waals surface area contributed by atoms with E-state index in [1.54, 1.807) is 16.8 Å². The molecule has 2 aliphatic rings. The van der Waals surface area contributed by atoms with Crippen molar-refractivity contribution in [3.63, 3.8) is 0 Å². The molecule has 6 nitrogen and oxygen atoms in total. The van der Waals surface area contributed by atoms with Gasteiger partial charge in [0.05, 0.1) is 12.6 Å². The number of nitrogens with one attached hydrogen (secondary N) is 1. The molecule has 0 radical (unpaired) electrons. The van der Waals surface area contributed by atoms with Gasteiger partial charge in [0.15, 0.2) is 0 Å². The zero-order valence-electron chi connectivity index (χ0n) is 12.7. The van der Waals surface area contributed by atoms with Crippen molar-refractivity contribution in [1.82, 2.24) is 15.1 Å². The lowest BCUT2D eigenvalue weighted by atomic mass is 9.90. The Labute approximate surface area is 130 Å². The van der Waals surface area contributed by atoms with E-state index in [0.29, 0.717) is 32.2 Å². The summed E-state index contributed by atoms with van der Waals surface area (Å²) in [6.45, 7) is 2.24. The van der Waals surface area contributed by atoms with E-state index < -0.39 is 0 Å². The SMILES string of the molecule is CNC(=O)N1CC[C@H]2COC(=O)N(Cc3ccccc3)[C@@H]2C1. The van der Waals surface area contributed by atoms with Crippen LogP contribution in [-0.4, -0.2) is 54.7 Å². The molecule has 2 atom stereocenters. The molecular weight excluding hydrogens is 282 g/mol.